The van der Waals surface area contributed by atoms with Crippen LogP contribution in [0.5, 0.6) is 5.75 Å². The van der Waals surface area contributed by atoms with Crippen molar-refractivity contribution in [1.82, 2.24) is 9.21 Å². The molecule has 1 fully saturated rings. The third-order valence-electron chi connectivity index (χ3n) is 5.27. The van der Waals surface area contributed by atoms with Crippen LogP contribution >= 0.6 is 0 Å². The van der Waals surface area contributed by atoms with Gasteiger partial charge in [0.25, 0.3) is 5.91 Å². The molecule has 0 saturated carbocycles. The van der Waals surface area contributed by atoms with E-state index in [-0.39, 0.29) is 17.3 Å². The van der Waals surface area contributed by atoms with Crippen molar-refractivity contribution in [2.75, 3.05) is 27.2 Å². The highest BCUT2D eigenvalue weighted by molar-refractivity contribution is 7.89. The van der Waals surface area contributed by atoms with Gasteiger partial charge in [-0.25, -0.2) is 8.42 Å². The third kappa shape index (κ3) is 5.16. The molecule has 0 spiro atoms. The maximum Gasteiger partial charge on any atom is 0.253 e. The molecule has 156 valence electrons. The Balaban J connectivity index is 1.67. The summed E-state index contributed by atoms with van der Waals surface area (Å²) in [4.78, 5) is 14.8. The lowest BCUT2D eigenvalue weighted by Crippen LogP contribution is -2.31. The molecule has 0 unspecified atom stereocenters. The molecule has 1 amide bonds. The van der Waals surface area contributed by atoms with Crippen molar-refractivity contribution in [3.05, 3.63) is 59.7 Å². The zero-order chi connectivity index (χ0) is 20.9. The second-order valence-electron chi connectivity index (χ2n) is 7.34. The molecule has 2 aromatic carbocycles. The average Bonchev–Trinajstić information content (AvgIpc) is 3.03. The van der Waals surface area contributed by atoms with Crippen molar-refractivity contribution in [3.63, 3.8) is 0 Å². The highest BCUT2D eigenvalue weighted by Crippen LogP contribution is 2.20. The molecule has 1 heterocycles. The SMILES string of the molecule is COc1ccc(S(=O)(=O)N(C)Cc2ccc(C(=O)N3CCCCCC3)cc2)cc1. The monoisotopic (exact) mass is 416 g/mol. The van der Waals surface area contributed by atoms with Gasteiger partial charge in [-0.2, -0.15) is 4.31 Å². The van der Waals surface area contributed by atoms with Gasteiger partial charge in [0.05, 0.1) is 12.0 Å². The number of carbonyl (C=O) groups is 1. The zero-order valence-corrected chi connectivity index (χ0v) is 17.8. The molecule has 1 saturated heterocycles. The largest absolute Gasteiger partial charge is 0.497 e. The highest BCUT2D eigenvalue weighted by atomic mass is 32.2. The Morgan fingerprint density at radius 2 is 1.55 bits per heavy atom. The average molecular weight is 417 g/mol. The van der Waals surface area contributed by atoms with Crippen LogP contribution in [-0.2, 0) is 16.6 Å². The minimum absolute atomic E-state index is 0.0534. The van der Waals surface area contributed by atoms with E-state index in [2.05, 4.69) is 0 Å². The predicted molar refractivity (Wildman–Crippen MR) is 112 cm³/mol. The van der Waals surface area contributed by atoms with Crippen LogP contribution in [0.4, 0.5) is 0 Å². The minimum Gasteiger partial charge on any atom is -0.497 e. The summed E-state index contributed by atoms with van der Waals surface area (Å²) in [7, 11) is -0.517. The van der Waals surface area contributed by atoms with E-state index in [1.54, 1.807) is 31.3 Å². The fourth-order valence-corrected chi connectivity index (χ4v) is 4.64. The molecule has 0 atom stereocenters. The van der Waals surface area contributed by atoms with Crippen molar-refractivity contribution < 1.29 is 17.9 Å². The Morgan fingerprint density at radius 3 is 2.10 bits per heavy atom. The summed E-state index contributed by atoms with van der Waals surface area (Å²) in [5.41, 5.74) is 1.48. The Kier molecular flexibility index (Phi) is 6.92. The number of amides is 1. The fourth-order valence-electron chi connectivity index (χ4n) is 3.48. The first-order chi connectivity index (χ1) is 13.9. The van der Waals surface area contributed by atoms with Crippen molar-refractivity contribution in [1.29, 1.82) is 0 Å². The van der Waals surface area contributed by atoms with Crippen LogP contribution in [0.3, 0.4) is 0 Å². The van der Waals surface area contributed by atoms with E-state index in [1.165, 1.54) is 36.4 Å². The molecular weight excluding hydrogens is 388 g/mol. The normalized spacial score (nSPS) is 15.2. The van der Waals surface area contributed by atoms with E-state index in [0.29, 0.717) is 11.3 Å². The first-order valence-corrected chi connectivity index (χ1v) is 11.3. The van der Waals surface area contributed by atoms with Gasteiger partial charge in [0.1, 0.15) is 5.75 Å². The Labute approximate surface area is 173 Å². The minimum atomic E-state index is -3.61. The molecule has 0 radical (unpaired) electrons. The number of sulfonamides is 1. The second-order valence-corrected chi connectivity index (χ2v) is 9.38. The number of nitrogens with zero attached hydrogens (tertiary/aromatic N) is 2. The first kappa shape index (κ1) is 21.3. The van der Waals surface area contributed by atoms with Crippen LogP contribution in [0.25, 0.3) is 0 Å². The maximum atomic E-state index is 12.8. The van der Waals surface area contributed by atoms with Crippen LogP contribution in [0, 0.1) is 0 Å². The number of hydrogen-bond donors (Lipinski definition) is 0. The van der Waals surface area contributed by atoms with Crippen LogP contribution in [0.15, 0.2) is 53.4 Å². The summed E-state index contributed by atoms with van der Waals surface area (Å²) >= 11 is 0. The summed E-state index contributed by atoms with van der Waals surface area (Å²) in [5.74, 6) is 0.661. The fraction of sp³-hybridized carbons (Fsp3) is 0.409. The molecule has 3 rings (SSSR count). The van der Waals surface area contributed by atoms with Crippen molar-refractivity contribution in [2.24, 2.45) is 0 Å². The van der Waals surface area contributed by atoms with E-state index in [9.17, 15) is 13.2 Å². The number of hydrogen-bond acceptors (Lipinski definition) is 4. The van der Waals surface area contributed by atoms with Gasteiger partial charge in [0.15, 0.2) is 0 Å². The van der Waals surface area contributed by atoms with Gasteiger partial charge in [-0.1, -0.05) is 25.0 Å². The van der Waals surface area contributed by atoms with Crippen LogP contribution in [0.2, 0.25) is 0 Å². The third-order valence-corrected chi connectivity index (χ3v) is 7.08. The molecule has 2 aromatic rings. The molecule has 29 heavy (non-hydrogen) atoms. The lowest BCUT2D eigenvalue weighted by atomic mass is 10.1. The molecule has 6 nitrogen and oxygen atoms in total. The summed E-state index contributed by atoms with van der Waals surface area (Å²) in [6.07, 6.45) is 4.46. The molecule has 7 heteroatoms. The molecule has 0 N–H and O–H groups in total. The molecule has 0 bridgehead atoms. The number of methoxy groups -OCH3 is 1. The summed E-state index contributed by atoms with van der Waals surface area (Å²) < 4.78 is 31.9. The van der Waals surface area contributed by atoms with E-state index in [4.69, 9.17) is 4.74 Å². The van der Waals surface area contributed by atoms with Crippen molar-refractivity contribution in [2.45, 2.75) is 37.1 Å². The van der Waals surface area contributed by atoms with E-state index >= 15 is 0 Å². The predicted octanol–water partition coefficient (Wildman–Crippen LogP) is 3.53. The quantitative estimate of drug-likeness (QED) is 0.723. The zero-order valence-electron chi connectivity index (χ0n) is 17.0. The number of rotatable bonds is 6. The number of ether oxygens (including phenoxy) is 1. The maximum absolute atomic E-state index is 12.8. The number of benzene rings is 2. The topological polar surface area (TPSA) is 66.9 Å². The molecule has 1 aliphatic heterocycles. The second kappa shape index (κ2) is 9.41. The van der Waals surface area contributed by atoms with E-state index < -0.39 is 10.0 Å². The molecule has 0 aromatic heterocycles. The van der Waals surface area contributed by atoms with Crippen molar-refractivity contribution >= 4 is 15.9 Å². The van der Waals surface area contributed by atoms with Gasteiger partial charge in [0.2, 0.25) is 10.0 Å². The van der Waals surface area contributed by atoms with E-state index in [0.717, 1.165) is 31.5 Å². The molecular formula is C22H28N2O4S. The lowest BCUT2D eigenvalue weighted by molar-refractivity contribution is 0.0761. The van der Waals surface area contributed by atoms with Crippen LogP contribution < -0.4 is 4.74 Å². The summed E-state index contributed by atoms with van der Waals surface area (Å²) in [6.45, 7) is 1.85. The van der Waals surface area contributed by atoms with Crippen molar-refractivity contribution in [3.8, 4) is 5.75 Å². The highest BCUT2D eigenvalue weighted by Gasteiger charge is 2.21. The van der Waals surface area contributed by atoms with Crippen LogP contribution in [-0.4, -0.2) is 50.8 Å². The Morgan fingerprint density at radius 1 is 0.966 bits per heavy atom. The Hall–Kier alpha value is -2.38. The number of carbonyl (C=O) groups excluding carboxylic acids is 1. The summed E-state index contributed by atoms with van der Waals surface area (Å²) in [6, 6.07) is 13.6. The van der Waals surface area contributed by atoms with Gasteiger partial charge in [-0.15, -0.1) is 0 Å². The number of likely N-dealkylation sites (tertiary alicyclic amines) is 1. The standard InChI is InChI=1S/C22H28N2O4S/c1-23(29(26,27)21-13-11-20(28-2)12-14-21)17-18-7-9-19(10-8-18)22(25)24-15-5-3-4-6-16-24/h7-14H,3-6,15-17H2,1-2H3. The van der Waals surface area contributed by atoms with E-state index in [1.807, 2.05) is 17.0 Å². The van der Waals surface area contributed by atoms with Gasteiger partial charge < -0.3 is 9.64 Å². The molecule has 1 aliphatic rings. The summed E-state index contributed by atoms with van der Waals surface area (Å²) in [5, 5.41) is 0. The van der Waals surface area contributed by atoms with Gasteiger partial charge >= 0.3 is 0 Å². The van der Waals surface area contributed by atoms with Gasteiger partial charge in [0, 0.05) is 32.2 Å². The molecule has 0 aliphatic carbocycles. The smallest absolute Gasteiger partial charge is 0.253 e. The first-order valence-electron chi connectivity index (χ1n) is 9.90. The Bertz CT molecular complexity index is 916. The lowest BCUT2D eigenvalue weighted by Gasteiger charge is -2.21. The van der Waals surface area contributed by atoms with Gasteiger partial charge in [-0.3, -0.25) is 4.79 Å². The van der Waals surface area contributed by atoms with Crippen LogP contribution in [0.1, 0.15) is 41.6 Å². The van der Waals surface area contributed by atoms with Gasteiger partial charge in [-0.05, 0) is 54.8 Å².